The van der Waals surface area contributed by atoms with E-state index in [0.29, 0.717) is 24.3 Å². The molecule has 0 spiro atoms. The maximum atomic E-state index is 12.2. The highest BCUT2D eigenvalue weighted by Gasteiger charge is 2.08. The molecule has 0 aliphatic carbocycles. The quantitative estimate of drug-likeness (QED) is 0.509. The molecule has 138 valence electrons. The Kier molecular flexibility index (Phi) is 7.23. The first-order valence-electron chi connectivity index (χ1n) is 8.17. The summed E-state index contributed by atoms with van der Waals surface area (Å²) in [6, 6.07) is 10.1. The van der Waals surface area contributed by atoms with Crippen molar-refractivity contribution in [1.29, 1.82) is 0 Å². The molecule has 0 saturated carbocycles. The second-order valence-electron chi connectivity index (χ2n) is 5.57. The SMILES string of the molecule is O=C(O)CCCNC(=O)NCc1cccc(C(=O)NCc2ccco2)c1. The molecule has 3 amide bonds. The highest BCUT2D eigenvalue weighted by atomic mass is 16.4. The summed E-state index contributed by atoms with van der Waals surface area (Å²) < 4.78 is 5.16. The van der Waals surface area contributed by atoms with Crippen LogP contribution in [-0.2, 0) is 17.9 Å². The monoisotopic (exact) mass is 359 g/mol. The minimum Gasteiger partial charge on any atom is -0.481 e. The lowest BCUT2D eigenvalue weighted by molar-refractivity contribution is -0.137. The lowest BCUT2D eigenvalue weighted by atomic mass is 10.1. The zero-order chi connectivity index (χ0) is 18.8. The molecule has 2 rings (SSSR count). The van der Waals surface area contributed by atoms with Crippen LogP contribution < -0.4 is 16.0 Å². The Balaban J connectivity index is 1.76. The number of urea groups is 1. The van der Waals surface area contributed by atoms with Crippen molar-refractivity contribution < 1.29 is 23.9 Å². The lowest BCUT2D eigenvalue weighted by Crippen LogP contribution is -2.35. The number of carboxylic acid groups (broad SMARTS) is 1. The van der Waals surface area contributed by atoms with E-state index in [2.05, 4.69) is 16.0 Å². The van der Waals surface area contributed by atoms with Crippen molar-refractivity contribution in [3.63, 3.8) is 0 Å². The van der Waals surface area contributed by atoms with Gasteiger partial charge >= 0.3 is 12.0 Å². The van der Waals surface area contributed by atoms with Crippen molar-refractivity contribution in [2.24, 2.45) is 0 Å². The predicted octanol–water partition coefficient (Wildman–Crippen LogP) is 1.87. The second-order valence-corrected chi connectivity index (χ2v) is 5.57. The number of amides is 3. The molecule has 0 fully saturated rings. The number of hydrogen-bond donors (Lipinski definition) is 4. The van der Waals surface area contributed by atoms with E-state index in [9.17, 15) is 14.4 Å². The number of carbonyl (C=O) groups excluding carboxylic acids is 2. The summed E-state index contributed by atoms with van der Waals surface area (Å²) in [6.45, 7) is 0.838. The van der Waals surface area contributed by atoms with Crippen molar-refractivity contribution in [2.45, 2.75) is 25.9 Å². The van der Waals surface area contributed by atoms with Gasteiger partial charge in [0.1, 0.15) is 5.76 Å². The molecule has 8 nitrogen and oxygen atoms in total. The van der Waals surface area contributed by atoms with Gasteiger partial charge in [-0.1, -0.05) is 12.1 Å². The van der Waals surface area contributed by atoms with Crippen molar-refractivity contribution >= 4 is 17.9 Å². The van der Waals surface area contributed by atoms with Crippen LogP contribution in [0.3, 0.4) is 0 Å². The topological polar surface area (TPSA) is 121 Å². The Morgan fingerprint density at radius 3 is 2.58 bits per heavy atom. The second kappa shape index (κ2) is 9.87. The van der Waals surface area contributed by atoms with Gasteiger partial charge in [0.15, 0.2) is 0 Å². The van der Waals surface area contributed by atoms with Crippen LogP contribution in [0.2, 0.25) is 0 Å². The summed E-state index contributed by atoms with van der Waals surface area (Å²) in [5.74, 6) is -0.466. The van der Waals surface area contributed by atoms with Gasteiger partial charge in [-0.3, -0.25) is 9.59 Å². The molecule has 1 aromatic heterocycles. The Labute approximate surface area is 150 Å². The van der Waals surface area contributed by atoms with Gasteiger partial charge in [0.25, 0.3) is 5.91 Å². The molecular formula is C18H21N3O5. The molecule has 0 aliphatic heterocycles. The van der Waals surface area contributed by atoms with E-state index in [-0.39, 0.29) is 31.4 Å². The van der Waals surface area contributed by atoms with Gasteiger partial charge in [-0.15, -0.1) is 0 Å². The van der Waals surface area contributed by atoms with Gasteiger partial charge in [0.2, 0.25) is 0 Å². The molecule has 0 bridgehead atoms. The van der Waals surface area contributed by atoms with E-state index < -0.39 is 5.97 Å². The van der Waals surface area contributed by atoms with Gasteiger partial charge in [-0.2, -0.15) is 0 Å². The largest absolute Gasteiger partial charge is 0.481 e. The highest BCUT2D eigenvalue weighted by molar-refractivity contribution is 5.94. The van der Waals surface area contributed by atoms with Crippen LogP contribution in [0.5, 0.6) is 0 Å². The third-order valence-corrected chi connectivity index (χ3v) is 3.50. The van der Waals surface area contributed by atoms with Gasteiger partial charge < -0.3 is 25.5 Å². The highest BCUT2D eigenvalue weighted by Crippen LogP contribution is 2.06. The molecule has 2 aromatic rings. The minimum atomic E-state index is -0.894. The van der Waals surface area contributed by atoms with E-state index in [4.69, 9.17) is 9.52 Å². The van der Waals surface area contributed by atoms with Crippen LogP contribution in [0, 0.1) is 0 Å². The lowest BCUT2D eigenvalue weighted by Gasteiger charge is -2.09. The number of nitrogens with one attached hydrogen (secondary N) is 3. The summed E-state index contributed by atoms with van der Waals surface area (Å²) in [6.07, 6.45) is 1.92. The Morgan fingerprint density at radius 1 is 1.00 bits per heavy atom. The zero-order valence-electron chi connectivity index (χ0n) is 14.2. The average molecular weight is 359 g/mol. The van der Waals surface area contributed by atoms with Crippen LogP contribution in [-0.4, -0.2) is 29.6 Å². The zero-order valence-corrected chi connectivity index (χ0v) is 14.2. The van der Waals surface area contributed by atoms with E-state index in [1.807, 2.05) is 0 Å². The molecule has 1 heterocycles. The third-order valence-electron chi connectivity index (χ3n) is 3.50. The average Bonchev–Trinajstić information content (AvgIpc) is 3.15. The normalized spacial score (nSPS) is 10.2. The van der Waals surface area contributed by atoms with Crippen molar-refractivity contribution in [2.75, 3.05) is 6.54 Å². The summed E-state index contributed by atoms with van der Waals surface area (Å²) in [7, 11) is 0. The van der Waals surface area contributed by atoms with Gasteiger partial charge in [-0.05, 0) is 36.2 Å². The summed E-state index contributed by atoms with van der Waals surface area (Å²) in [4.78, 5) is 34.2. The third kappa shape index (κ3) is 6.68. The van der Waals surface area contributed by atoms with E-state index in [1.54, 1.807) is 42.7 Å². The first-order chi connectivity index (χ1) is 12.5. The van der Waals surface area contributed by atoms with Gasteiger partial charge in [0, 0.05) is 25.1 Å². The number of carboxylic acids is 1. The number of furan rings is 1. The van der Waals surface area contributed by atoms with Crippen molar-refractivity contribution in [1.82, 2.24) is 16.0 Å². The molecule has 8 heteroatoms. The fourth-order valence-electron chi connectivity index (χ4n) is 2.19. The molecule has 1 aromatic carbocycles. The minimum absolute atomic E-state index is 0.00937. The molecule has 0 radical (unpaired) electrons. The Morgan fingerprint density at radius 2 is 1.85 bits per heavy atom. The van der Waals surface area contributed by atoms with Gasteiger partial charge in [0.05, 0.1) is 12.8 Å². The van der Waals surface area contributed by atoms with Crippen molar-refractivity contribution in [3.05, 3.63) is 59.5 Å². The van der Waals surface area contributed by atoms with Crippen LogP contribution in [0.1, 0.15) is 34.5 Å². The standard InChI is InChI=1S/C18H21N3O5/c22-16(23)7-2-8-19-18(25)21-11-13-4-1-5-14(10-13)17(24)20-12-15-6-3-9-26-15/h1,3-6,9-10H,2,7-8,11-12H2,(H,20,24)(H,22,23)(H2,19,21,25). The molecular weight excluding hydrogens is 338 g/mol. The smallest absolute Gasteiger partial charge is 0.315 e. The van der Waals surface area contributed by atoms with Crippen LogP contribution in [0.15, 0.2) is 47.1 Å². The van der Waals surface area contributed by atoms with Crippen LogP contribution in [0.4, 0.5) is 4.79 Å². The molecule has 0 aliphatic rings. The van der Waals surface area contributed by atoms with Crippen LogP contribution in [0.25, 0.3) is 0 Å². The predicted molar refractivity (Wildman–Crippen MR) is 93.4 cm³/mol. The first kappa shape index (κ1) is 19.0. The van der Waals surface area contributed by atoms with E-state index in [0.717, 1.165) is 5.56 Å². The Bertz CT molecular complexity index is 743. The number of benzene rings is 1. The number of rotatable bonds is 9. The molecule has 0 saturated heterocycles. The number of aliphatic carboxylic acids is 1. The first-order valence-corrected chi connectivity index (χ1v) is 8.17. The van der Waals surface area contributed by atoms with Gasteiger partial charge in [-0.25, -0.2) is 4.79 Å². The molecule has 26 heavy (non-hydrogen) atoms. The summed E-state index contributed by atoms with van der Waals surface area (Å²) >= 11 is 0. The van der Waals surface area contributed by atoms with E-state index >= 15 is 0 Å². The maximum Gasteiger partial charge on any atom is 0.315 e. The fourth-order valence-corrected chi connectivity index (χ4v) is 2.19. The maximum absolute atomic E-state index is 12.2. The number of carbonyl (C=O) groups is 3. The van der Waals surface area contributed by atoms with Crippen molar-refractivity contribution in [3.8, 4) is 0 Å². The molecule has 0 atom stereocenters. The summed E-state index contributed by atoms with van der Waals surface area (Å²) in [5.41, 5.74) is 1.26. The van der Waals surface area contributed by atoms with E-state index in [1.165, 1.54) is 0 Å². The summed E-state index contributed by atoms with van der Waals surface area (Å²) in [5, 5.41) is 16.5. The number of hydrogen-bond acceptors (Lipinski definition) is 4. The Hall–Kier alpha value is -3.29. The van der Waals surface area contributed by atoms with Crippen LogP contribution >= 0.6 is 0 Å². The fraction of sp³-hybridized carbons (Fsp3) is 0.278. The molecule has 0 unspecified atom stereocenters. The molecule has 4 N–H and O–H groups in total.